The lowest BCUT2D eigenvalue weighted by Gasteiger charge is -2.29. The van der Waals surface area contributed by atoms with Crippen LogP contribution in [0.2, 0.25) is 0 Å². The van der Waals surface area contributed by atoms with E-state index in [9.17, 15) is 22.0 Å². The van der Waals surface area contributed by atoms with Crippen LogP contribution in [0.15, 0.2) is 48.5 Å². The molecule has 39 heavy (non-hydrogen) atoms. The van der Waals surface area contributed by atoms with Crippen molar-refractivity contribution in [3.8, 4) is 33.8 Å². The van der Waals surface area contributed by atoms with Gasteiger partial charge >= 0.3 is 0 Å². The minimum Gasteiger partial charge on any atom is -0.491 e. The summed E-state index contributed by atoms with van der Waals surface area (Å²) < 4.78 is 83.5. The van der Waals surface area contributed by atoms with Gasteiger partial charge in [-0.15, -0.1) is 0 Å². The first kappa shape index (κ1) is 28.9. The van der Waals surface area contributed by atoms with E-state index in [1.54, 1.807) is 6.92 Å². The third-order valence-electron chi connectivity index (χ3n) is 7.57. The predicted octanol–water partition coefficient (Wildman–Crippen LogP) is 9.69. The predicted molar refractivity (Wildman–Crippen MR) is 144 cm³/mol. The number of hydrogen-bond donors (Lipinski definition) is 0. The summed E-state index contributed by atoms with van der Waals surface area (Å²) in [7, 11) is 0. The Bertz CT molecular complexity index is 1240. The molecule has 3 aromatic rings. The van der Waals surface area contributed by atoms with Gasteiger partial charge in [-0.2, -0.15) is 8.78 Å². The molecule has 0 N–H and O–H groups in total. The molecule has 210 valence electrons. The highest BCUT2D eigenvalue weighted by molar-refractivity contribution is 5.72. The molecular formula is C32H35F5O2. The van der Waals surface area contributed by atoms with Crippen LogP contribution in [0.1, 0.15) is 58.8 Å². The van der Waals surface area contributed by atoms with Gasteiger partial charge in [-0.1, -0.05) is 69.7 Å². The Hall–Kier alpha value is -3.09. The quantitative estimate of drug-likeness (QED) is 0.223. The average Bonchev–Trinajstić information content (AvgIpc) is 2.94. The number of alkyl halides is 1. The standard InChI is InChI=1S/C32H35F5O2/c1-3-5-20-6-8-21(9-7-20)18-24(33)19-39-28-17-15-26(30(35)32(28)37)23-12-10-22(11-13-23)25-14-16-27(38-4-2)31(36)29(25)34/h10-17,20-21,24H,3-9,18-19H2,1-2H3. The summed E-state index contributed by atoms with van der Waals surface area (Å²) in [6, 6.07) is 11.4. The fourth-order valence-electron chi connectivity index (χ4n) is 5.49. The van der Waals surface area contributed by atoms with Crippen LogP contribution in [-0.4, -0.2) is 19.4 Å². The van der Waals surface area contributed by atoms with Crippen molar-refractivity contribution < 1.29 is 31.4 Å². The highest BCUT2D eigenvalue weighted by atomic mass is 19.2. The summed E-state index contributed by atoms with van der Waals surface area (Å²) in [6.07, 6.45) is 5.77. The van der Waals surface area contributed by atoms with Crippen molar-refractivity contribution in [2.75, 3.05) is 13.2 Å². The average molecular weight is 547 g/mol. The van der Waals surface area contributed by atoms with Crippen LogP contribution in [-0.2, 0) is 0 Å². The second-order valence-electron chi connectivity index (χ2n) is 10.3. The summed E-state index contributed by atoms with van der Waals surface area (Å²) in [4.78, 5) is 0. The summed E-state index contributed by atoms with van der Waals surface area (Å²) in [5.41, 5.74) is 0.709. The molecule has 0 heterocycles. The molecule has 1 atom stereocenters. The SMILES string of the molecule is CCCC1CCC(CC(F)COc2ccc(-c3ccc(-c4ccc(OCC)c(F)c4F)cc3)c(F)c2F)CC1. The van der Waals surface area contributed by atoms with Gasteiger partial charge in [-0.25, -0.2) is 13.2 Å². The zero-order valence-corrected chi connectivity index (χ0v) is 22.4. The van der Waals surface area contributed by atoms with Crippen LogP contribution in [0, 0.1) is 35.1 Å². The van der Waals surface area contributed by atoms with E-state index in [1.165, 1.54) is 61.4 Å². The first-order chi connectivity index (χ1) is 18.8. The zero-order valence-electron chi connectivity index (χ0n) is 22.4. The highest BCUT2D eigenvalue weighted by Gasteiger charge is 2.24. The van der Waals surface area contributed by atoms with Crippen LogP contribution in [0.3, 0.4) is 0 Å². The lowest BCUT2D eigenvalue weighted by molar-refractivity contribution is 0.142. The molecule has 0 spiro atoms. The molecule has 4 rings (SSSR count). The lowest BCUT2D eigenvalue weighted by Crippen LogP contribution is -2.21. The molecule has 2 nitrogen and oxygen atoms in total. The van der Waals surface area contributed by atoms with E-state index in [2.05, 4.69) is 6.92 Å². The monoisotopic (exact) mass is 546 g/mol. The molecule has 0 bridgehead atoms. The minimum absolute atomic E-state index is 0.0210. The van der Waals surface area contributed by atoms with E-state index in [-0.39, 0.29) is 35.8 Å². The maximum Gasteiger partial charge on any atom is 0.201 e. The lowest BCUT2D eigenvalue weighted by atomic mass is 9.78. The van der Waals surface area contributed by atoms with E-state index < -0.39 is 29.4 Å². The minimum atomic E-state index is -1.25. The van der Waals surface area contributed by atoms with Crippen LogP contribution in [0.4, 0.5) is 22.0 Å². The maximum atomic E-state index is 14.9. The fraction of sp³-hybridized carbons (Fsp3) is 0.438. The molecule has 0 aliphatic heterocycles. The Labute approximate surface area is 227 Å². The number of rotatable bonds is 11. The Morgan fingerprint density at radius 1 is 0.667 bits per heavy atom. The molecule has 0 amide bonds. The van der Waals surface area contributed by atoms with Gasteiger partial charge in [-0.3, -0.25) is 0 Å². The van der Waals surface area contributed by atoms with Crippen molar-refractivity contribution >= 4 is 0 Å². The number of ether oxygens (including phenoxy) is 2. The highest BCUT2D eigenvalue weighted by Crippen LogP contribution is 2.36. The van der Waals surface area contributed by atoms with Gasteiger partial charge in [-0.05, 0) is 60.6 Å². The van der Waals surface area contributed by atoms with Gasteiger partial charge < -0.3 is 9.47 Å². The molecule has 1 aliphatic carbocycles. The van der Waals surface area contributed by atoms with Crippen molar-refractivity contribution in [3.63, 3.8) is 0 Å². The largest absolute Gasteiger partial charge is 0.491 e. The van der Waals surface area contributed by atoms with Gasteiger partial charge in [0, 0.05) is 11.1 Å². The Morgan fingerprint density at radius 3 is 1.64 bits per heavy atom. The normalized spacial score (nSPS) is 18.1. The van der Waals surface area contributed by atoms with Crippen LogP contribution < -0.4 is 9.47 Å². The van der Waals surface area contributed by atoms with Gasteiger partial charge in [0.15, 0.2) is 23.1 Å². The second kappa shape index (κ2) is 13.3. The molecular weight excluding hydrogens is 511 g/mol. The van der Waals surface area contributed by atoms with Crippen molar-refractivity contribution in [2.24, 2.45) is 11.8 Å². The Balaban J connectivity index is 1.39. The van der Waals surface area contributed by atoms with Gasteiger partial charge in [0.1, 0.15) is 12.8 Å². The van der Waals surface area contributed by atoms with E-state index >= 15 is 0 Å². The second-order valence-corrected chi connectivity index (χ2v) is 10.3. The van der Waals surface area contributed by atoms with Gasteiger partial charge in [0.05, 0.1) is 6.61 Å². The van der Waals surface area contributed by atoms with Crippen LogP contribution >= 0.6 is 0 Å². The zero-order chi connectivity index (χ0) is 27.9. The fourth-order valence-corrected chi connectivity index (χ4v) is 5.49. The maximum absolute atomic E-state index is 14.9. The summed E-state index contributed by atoms with van der Waals surface area (Å²) in [6.45, 7) is 3.72. The van der Waals surface area contributed by atoms with Crippen molar-refractivity contribution in [2.45, 2.75) is 65.0 Å². The van der Waals surface area contributed by atoms with Gasteiger partial charge in [0.25, 0.3) is 0 Å². The van der Waals surface area contributed by atoms with Crippen molar-refractivity contribution in [3.05, 3.63) is 71.8 Å². The van der Waals surface area contributed by atoms with Gasteiger partial charge in [0.2, 0.25) is 11.6 Å². The summed E-state index contributed by atoms with van der Waals surface area (Å²) in [5, 5.41) is 0. The van der Waals surface area contributed by atoms with E-state index in [1.807, 2.05) is 0 Å². The molecule has 1 fully saturated rings. The van der Waals surface area contributed by atoms with E-state index in [0.717, 1.165) is 31.6 Å². The summed E-state index contributed by atoms with van der Waals surface area (Å²) in [5.74, 6) is -3.93. The first-order valence-corrected chi connectivity index (χ1v) is 13.8. The molecule has 1 unspecified atom stereocenters. The molecule has 0 radical (unpaired) electrons. The number of halogens is 5. The molecule has 7 heteroatoms. The van der Waals surface area contributed by atoms with E-state index in [4.69, 9.17) is 9.47 Å². The molecule has 3 aromatic carbocycles. The summed E-state index contributed by atoms with van der Waals surface area (Å²) >= 11 is 0. The molecule has 0 saturated heterocycles. The van der Waals surface area contributed by atoms with Crippen molar-refractivity contribution in [1.29, 1.82) is 0 Å². The smallest absolute Gasteiger partial charge is 0.201 e. The molecule has 1 saturated carbocycles. The number of hydrogen-bond acceptors (Lipinski definition) is 2. The molecule has 1 aliphatic rings. The Kier molecular flexibility index (Phi) is 9.87. The van der Waals surface area contributed by atoms with Crippen LogP contribution in [0.5, 0.6) is 11.5 Å². The topological polar surface area (TPSA) is 18.5 Å². The molecule has 0 aromatic heterocycles. The first-order valence-electron chi connectivity index (χ1n) is 13.8. The third kappa shape index (κ3) is 6.92. The Morgan fingerprint density at radius 2 is 1.15 bits per heavy atom. The van der Waals surface area contributed by atoms with Crippen molar-refractivity contribution in [1.82, 2.24) is 0 Å². The van der Waals surface area contributed by atoms with Crippen LogP contribution in [0.25, 0.3) is 22.3 Å². The van der Waals surface area contributed by atoms with E-state index in [0.29, 0.717) is 23.5 Å². The third-order valence-corrected chi connectivity index (χ3v) is 7.57. The number of benzene rings is 3.